The molecule has 5 aromatic rings. The Labute approximate surface area is 223 Å². The monoisotopic (exact) mass is 523 g/mol. The number of nitrogens with zero attached hydrogens (tertiary/aromatic N) is 2. The number of esters is 1. The molecule has 0 fully saturated rings. The van der Waals surface area contributed by atoms with Crippen molar-refractivity contribution in [1.29, 1.82) is 0 Å². The lowest BCUT2D eigenvalue weighted by Crippen LogP contribution is -2.12. The van der Waals surface area contributed by atoms with E-state index in [4.69, 9.17) is 9.84 Å². The Hall–Kier alpha value is -5.11. The number of ether oxygens (including phenoxy) is 1. The predicted octanol–water partition coefficient (Wildman–Crippen LogP) is 6.97. The summed E-state index contributed by atoms with van der Waals surface area (Å²) >= 11 is 0. The Bertz CT molecular complexity index is 1690. The Kier molecular flexibility index (Phi) is 7.01. The molecular formula is C31H23F2N3O3. The fourth-order valence-electron chi connectivity index (χ4n) is 4.25. The highest BCUT2D eigenvalue weighted by Crippen LogP contribution is 2.42. The smallest absolute Gasteiger partial charge is 0.309 e. The van der Waals surface area contributed by atoms with E-state index in [0.29, 0.717) is 22.5 Å². The van der Waals surface area contributed by atoms with Crippen molar-refractivity contribution in [2.24, 2.45) is 0 Å². The zero-order valence-electron chi connectivity index (χ0n) is 21.1. The van der Waals surface area contributed by atoms with Crippen LogP contribution in [0.1, 0.15) is 22.8 Å². The summed E-state index contributed by atoms with van der Waals surface area (Å²) in [6.07, 6.45) is 0. The van der Waals surface area contributed by atoms with Gasteiger partial charge in [0.2, 0.25) is 5.88 Å². The van der Waals surface area contributed by atoms with Crippen molar-refractivity contribution in [3.63, 3.8) is 0 Å². The number of nitrogens with one attached hydrogen (secondary N) is 1. The molecule has 194 valence electrons. The molecule has 4 aromatic carbocycles. The van der Waals surface area contributed by atoms with Crippen molar-refractivity contribution < 1.29 is 23.1 Å². The van der Waals surface area contributed by atoms with Gasteiger partial charge < -0.3 is 10.1 Å². The van der Waals surface area contributed by atoms with Crippen molar-refractivity contribution >= 4 is 17.6 Å². The number of anilines is 1. The van der Waals surface area contributed by atoms with Crippen LogP contribution in [0.2, 0.25) is 0 Å². The number of carbonyl (C=O) groups excluding carboxylic acids is 2. The molecule has 1 N–H and O–H groups in total. The van der Waals surface area contributed by atoms with Crippen LogP contribution in [0, 0.1) is 18.6 Å². The lowest BCUT2D eigenvalue weighted by molar-refractivity contribution is -0.132. The summed E-state index contributed by atoms with van der Waals surface area (Å²) in [5, 5.41) is 7.45. The van der Waals surface area contributed by atoms with E-state index in [1.807, 2.05) is 31.2 Å². The highest BCUT2D eigenvalue weighted by atomic mass is 19.1. The Morgan fingerprint density at radius 3 is 2.28 bits per heavy atom. The van der Waals surface area contributed by atoms with Crippen LogP contribution < -0.4 is 10.1 Å². The van der Waals surface area contributed by atoms with Gasteiger partial charge in [0, 0.05) is 23.7 Å². The second-order valence-electron chi connectivity index (χ2n) is 8.84. The standard InChI is InChI=1S/C31H23F2N3O3/c1-19-8-3-6-13-27(19)36-31(39-20(2)37)28(29(35-36)25-11-4-5-12-26(25)33)21-14-16-24(17-15-21)34-30(38)22-9-7-10-23(32)18-22/h3-18H,1-2H3,(H,34,38). The molecule has 0 spiro atoms. The minimum atomic E-state index is -0.565. The largest absolute Gasteiger partial charge is 0.407 e. The summed E-state index contributed by atoms with van der Waals surface area (Å²) in [6, 6.07) is 25.8. The average Bonchev–Trinajstić information content (AvgIpc) is 3.27. The number of benzene rings is 4. The normalized spacial score (nSPS) is 10.8. The third-order valence-electron chi connectivity index (χ3n) is 6.07. The second kappa shape index (κ2) is 10.7. The number of para-hydroxylation sites is 1. The van der Waals surface area contributed by atoms with Gasteiger partial charge in [0.1, 0.15) is 17.3 Å². The van der Waals surface area contributed by atoms with E-state index < -0.39 is 23.5 Å². The van der Waals surface area contributed by atoms with Crippen LogP contribution in [0.15, 0.2) is 97.1 Å². The van der Waals surface area contributed by atoms with E-state index in [0.717, 1.165) is 11.6 Å². The van der Waals surface area contributed by atoms with Crippen molar-refractivity contribution in [3.8, 4) is 34.0 Å². The van der Waals surface area contributed by atoms with Crippen LogP contribution in [0.4, 0.5) is 14.5 Å². The van der Waals surface area contributed by atoms with Gasteiger partial charge in [0.15, 0.2) is 0 Å². The molecule has 8 heteroatoms. The maximum atomic E-state index is 15.0. The fraction of sp³-hybridized carbons (Fsp3) is 0.0645. The number of rotatable bonds is 6. The van der Waals surface area contributed by atoms with Gasteiger partial charge in [-0.05, 0) is 66.6 Å². The summed E-state index contributed by atoms with van der Waals surface area (Å²) < 4.78 is 35.7. The molecule has 5 rings (SSSR count). The molecule has 0 atom stereocenters. The molecule has 0 unspecified atom stereocenters. The number of aryl methyl sites for hydroxylation is 1. The summed E-state index contributed by atoms with van der Waals surface area (Å²) in [4.78, 5) is 24.8. The number of hydrogen-bond acceptors (Lipinski definition) is 4. The van der Waals surface area contributed by atoms with Gasteiger partial charge in [-0.1, -0.05) is 48.5 Å². The van der Waals surface area contributed by atoms with E-state index in [-0.39, 0.29) is 22.7 Å². The predicted molar refractivity (Wildman–Crippen MR) is 145 cm³/mol. The maximum absolute atomic E-state index is 15.0. The number of halogens is 2. The summed E-state index contributed by atoms with van der Waals surface area (Å²) in [5.74, 6) is -1.90. The fourth-order valence-corrected chi connectivity index (χ4v) is 4.25. The van der Waals surface area contributed by atoms with E-state index in [9.17, 15) is 14.0 Å². The first kappa shape index (κ1) is 25.5. The molecule has 39 heavy (non-hydrogen) atoms. The Morgan fingerprint density at radius 2 is 1.59 bits per heavy atom. The van der Waals surface area contributed by atoms with E-state index in [1.165, 1.54) is 35.9 Å². The van der Waals surface area contributed by atoms with Crippen LogP contribution in [0.25, 0.3) is 28.1 Å². The topological polar surface area (TPSA) is 73.2 Å². The number of amides is 1. The third kappa shape index (κ3) is 5.31. The van der Waals surface area contributed by atoms with Gasteiger partial charge in [-0.2, -0.15) is 9.78 Å². The Balaban J connectivity index is 1.63. The summed E-state index contributed by atoms with van der Waals surface area (Å²) in [6.45, 7) is 3.18. The van der Waals surface area contributed by atoms with Crippen LogP contribution in [0.3, 0.4) is 0 Å². The molecule has 0 bridgehead atoms. The van der Waals surface area contributed by atoms with Gasteiger partial charge in [-0.3, -0.25) is 9.59 Å². The van der Waals surface area contributed by atoms with Crippen LogP contribution in [0.5, 0.6) is 5.88 Å². The molecular weight excluding hydrogens is 500 g/mol. The molecule has 0 radical (unpaired) electrons. The number of aromatic nitrogens is 2. The Morgan fingerprint density at radius 1 is 0.872 bits per heavy atom. The van der Waals surface area contributed by atoms with Crippen molar-refractivity contribution in [1.82, 2.24) is 9.78 Å². The van der Waals surface area contributed by atoms with Gasteiger partial charge in [-0.25, -0.2) is 8.78 Å². The molecule has 0 aliphatic rings. The first-order valence-electron chi connectivity index (χ1n) is 12.1. The zero-order valence-corrected chi connectivity index (χ0v) is 21.1. The molecule has 1 amide bonds. The second-order valence-corrected chi connectivity index (χ2v) is 8.84. The van der Waals surface area contributed by atoms with Gasteiger partial charge in [0.25, 0.3) is 5.91 Å². The van der Waals surface area contributed by atoms with Gasteiger partial charge in [0.05, 0.1) is 11.3 Å². The molecule has 1 heterocycles. The summed E-state index contributed by atoms with van der Waals surface area (Å²) in [7, 11) is 0. The van der Waals surface area contributed by atoms with Crippen molar-refractivity contribution in [2.45, 2.75) is 13.8 Å². The summed E-state index contributed by atoms with van der Waals surface area (Å²) in [5.41, 5.74) is 3.67. The van der Waals surface area contributed by atoms with E-state index >= 15 is 4.39 Å². The minimum absolute atomic E-state index is 0.131. The lowest BCUT2D eigenvalue weighted by Gasteiger charge is -2.12. The molecule has 6 nitrogen and oxygen atoms in total. The molecule has 0 aliphatic heterocycles. The van der Waals surface area contributed by atoms with Crippen LogP contribution in [-0.4, -0.2) is 21.7 Å². The third-order valence-corrected chi connectivity index (χ3v) is 6.07. The highest BCUT2D eigenvalue weighted by molar-refractivity contribution is 6.04. The first-order valence-corrected chi connectivity index (χ1v) is 12.1. The van der Waals surface area contributed by atoms with Gasteiger partial charge in [-0.15, -0.1) is 0 Å². The highest BCUT2D eigenvalue weighted by Gasteiger charge is 2.26. The maximum Gasteiger partial charge on any atom is 0.309 e. The van der Waals surface area contributed by atoms with Crippen molar-refractivity contribution in [2.75, 3.05) is 5.32 Å². The van der Waals surface area contributed by atoms with Gasteiger partial charge >= 0.3 is 5.97 Å². The van der Waals surface area contributed by atoms with Crippen LogP contribution in [-0.2, 0) is 4.79 Å². The average molecular weight is 524 g/mol. The van der Waals surface area contributed by atoms with E-state index in [2.05, 4.69) is 5.32 Å². The first-order chi connectivity index (χ1) is 18.8. The molecule has 0 aliphatic carbocycles. The molecule has 0 saturated carbocycles. The number of carbonyl (C=O) groups is 2. The van der Waals surface area contributed by atoms with Crippen LogP contribution >= 0.6 is 0 Å². The van der Waals surface area contributed by atoms with E-state index in [1.54, 1.807) is 42.5 Å². The minimum Gasteiger partial charge on any atom is -0.407 e. The SMILES string of the molecule is CC(=O)Oc1c(-c2ccc(NC(=O)c3cccc(F)c3)cc2)c(-c2ccccc2F)nn1-c1ccccc1C. The number of hydrogen-bond donors (Lipinski definition) is 1. The molecule has 1 aromatic heterocycles. The zero-order chi connectivity index (χ0) is 27.5. The quantitative estimate of drug-likeness (QED) is 0.244. The molecule has 0 saturated heterocycles. The van der Waals surface area contributed by atoms with Crippen molar-refractivity contribution in [3.05, 3.63) is 120 Å². The lowest BCUT2D eigenvalue weighted by atomic mass is 10.0.